The molecule has 0 saturated heterocycles. The van der Waals surface area contributed by atoms with Gasteiger partial charge >= 0.3 is 5.97 Å². The molecule has 1 N–H and O–H groups in total. The number of nitro groups is 1. The number of para-hydroxylation sites is 1. The molecule has 2 rings (SSSR count). The average Bonchev–Trinajstić information content (AvgIpc) is 2.55. The van der Waals surface area contributed by atoms with Gasteiger partial charge in [-0.05, 0) is 36.8 Å². The number of hydrogen-bond donors (Lipinski definition) is 1. The van der Waals surface area contributed by atoms with Crippen molar-refractivity contribution in [3.05, 3.63) is 68.7 Å². The van der Waals surface area contributed by atoms with Crippen molar-refractivity contribution in [2.45, 2.75) is 6.92 Å². The van der Waals surface area contributed by atoms with Gasteiger partial charge in [0.15, 0.2) is 6.61 Å². The minimum absolute atomic E-state index is 0.0787. The molecular formula is C16H13ClN2O5. The number of halogens is 1. The van der Waals surface area contributed by atoms with Crippen LogP contribution in [-0.4, -0.2) is 23.4 Å². The number of carbonyl (C=O) groups excluding carboxylic acids is 2. The van der Waals surface area contributed by atoms with Gasteiger partial charge in [0.25, 0.3) is 11.6 Å². The van der Waals surface area contributed by atoms with Crippen molar-refractivity contribution in [2.75, 3.05) is 11.9 Å². The second-order valence-corrected chi connectivity index (χ2v) is 5.29. The van der Waals surface area contributed by atoms with Crippen LogP contribution in [-0.2, 0) is 9.53 Å². The molecule has 0 aliphatic carbocycles. The molecule has 0 aliphatic heterocycles. The molecule has 0 heterocycles. The van der Waals surface area contributed by atoms with Crippen LogP contribution in [0.25, 0.3) is 0 Å². The van der Waals surface area contributed by atoms with E-state index in [1.807, 2.05) is 0 Å². The Morgan fingerprint density at radius 2 is 1.88 bits per heavy atom. The monoisotopic (exact) mass is 348 g/mol. The number of rotatable bonds is 5. The lowest BCUT2D eigenvalue weighted by Crippen LogP contribution is -2.22. The Bertz CT molecular complexity index is 790. The summed E-state index contributed by atoms with van der Waals surface area (Å²) in [7, 11) is 0. The smallest absolute Gasteiger partial charge is 0.338 e. The first-order valence-electron chi connectivity index (χ1n) is 6.85. The van der Waals surface area contributed by atoms with Crippen molar-refractivity contribution in [3.8, 4) is 0 Å². The molecule has 2 aromatic carbocycles. The molecule has 1 amide bonds. The Morgan fingerprint density at radius 3 is 2.50 bits per heavy atom. The van der Waals surface area contributed by atoms with Crippen LogP contribution in [0.2, 0.25) is 5.02 Å². The van der Waals surface area contributed by atoms with E-state index >= 15 is 0 Å². The second-order valence-electron chi connectivity index (χ2n) is 4.86. The zero-order chi connectivity index (χ0) is 17.7. The lowest BCUT2D eigenvalue weighted by atomic mass is 10.1. The maximum Gasteiger partial charge on any atom is 0.338 e. The summed E-state index contributed by atoms with van der Waals surface area (Å²) in [5.41, 5.74) is 0.623. The Kier molecular flexibility index (Phi) is 5.49. The number of hydrogen-bond acceptors (Lipinski definition) is 5. The van der Waals surface area contributed by atoms with Gasteiger partial charge in [-0.2, -0.15) is 0 Å². The van der Waals surface area contributed by atoms with Crippen molar-refractivity contribution in [3.63, 3.8) is 0 Å². The van der Waals surface area contributed by atoms with Crippen molar-refractivity contribution in [1.82, 2.24) is 0 Å². The molecule has 0 saturated carbocycles. The predicted octanol–water partition coefficient (Wildman–Crippen LogP) is 3.35. The number of esters is 1. The van der Waals surface area contributed by atoms with Crippen LogP contribution in [0, 0.1) is 17.0 Å². The molecule has 0 fully saturated rings. The van der Waals surface area contributed by atoms with E-state index in [-0.39, 0.29) is 16.9 Å². The van der Waals surface area contributed by atoms with Gasteiger partial charge in [-0.3, -0.25) is 14.9 Å². The first-order chi connectivity index (χ1) is 11.4. The minimum atomic E-state index is -0.693. The Hall–Kier alpha value is -2.93. The first kappa shape index (κ1) is 17.4. The van der Waals surface area contributed by atoms with Gasteiger partial charge in [0, 0.05) is 11.1 Å². The molecule has 0 aliphatic rings. The number of carbonyl (C=O) groups is 2. The highest BCUT2D eigenvalue weighted by Gasteiger charge is 2.18. The predicted molar refractivity (Wildman–Crippen MR) is 88.2 cm³/mol. The number of nitro benzene ring substituents is 1. The van der Waals surface area contributed by atoms with Gasteiger partial charge < -0.3 is 10.1 Å². The van der Waals surface area contributed by atoms with E-state index in [1.165, 1.54) is 36.4 Å². The fourth-order valence-corrected chi connectivity index (χ4v) is 2.07. The van der Waals surface area contributed by atoms with Gasteiger partial charge in [0.1, 0.15) is 5.69 Å². The third kappa shape index (κ3) is 4.30. The zero-order valence-corrected chi connectivity index (χ0v) is 13.4. The van der Waals surface area contributed by atoms with Gasteiger partial charge in [-0.1, -0.05) is 23.7 Å². The van der Waals surface area contributed by atoms with Crippen LogP contribution >= 0.6 is 11.6 Å². The fraction of sp³-hybridized carbons (Fsp3) is 0.125. The van der Waals surface area contributed by atoms with Gasteiger partial charge in [-0.25, -0.2) is 4.79 Å². The highest BCUT2D eigenvalue weighted by Crippen LogP contribution is 2.27. The number of ether oxygens (including phenoxy) is 1. The molecule has 0 unspecified atom stereocenters. The van der Waals surface area contributed by atoms with E-state index < -0.39 is 23.4 Å². The number of benzene rings is 2. The van der Waals surface area contributed by atoms with Crippen LogP contribution < -0.4 is 5.32 Å². The minimum Gasteiger partial charge on any atom is -0.452 e. The largest absolute Gasteiger partial charge is 0.452 e. The molecule has 24 heavy (non-hydrogen) atoms. The maximum absolute atomic E-state index is 11.9. The molecule has 0 aromatic heterocycles. The lowest BCUT2D eigenvalue weighted by molar-refractivity contribution is -0.384. The summed E-state index contributed by atoms with van der Waals surface area (Å²) in [5.74, 6) is -1.36. The molecule has 0 radical (unpaired) electrons. The van der Waals surface area contributed by atoms with Crippen LogP contribution in [0.4, 0.5) is 11.4 Å². The lowest BCUT2D eigenvalue weighted by Gasteiger charge is -2.09. The van der Waals surface area contributed by atoms with Gasteiger partial charge in [-0.15, -0.1) is 0 Å². The third-order valence-electron chi connectivity index (χ3n) is 3.13. The first-order valence-corrected chi connectivity index (χ1v) is 7.23. The van der Waals surface area contributed by atoms with E-state index in [4.69, 9.17) is 16.3 Å². The molecular weight excluding hydrogens is 336 g/mol. The van der Waals surface area contributed by atoms with E-state index in [2.05, 4.69) is 5.32 Å². The SMILES string of the molecule is Cc1cccc([N+](=O)[O-])c1NC(=O)COC(=O)c1ccc(Cl)cc1. The van der Waals surface area contributed by atoms with E-state index in [9.17, 15) is 19.7 Å². The summed E-state index contributed by atoms with van der Waals surface area (Å²) < 4.78 is 4.88. The topological polar surface area (TPSA) is 98.5 Å². The normalized spacial score (nSPS) is 10.1. The van der Waals surface area contributed by atoms with Crippen molar-refractivity contribution in [1.29, 1.82) is 0 Å². The fourth-order valence-electron chi connectivity index (χ4n) is 1.94. The number of amides is 1. The second kappa shape index (κ2) is 7.56. The van der Waals surface area contributed by atoms with Crippen LogP contribution in [0.3, 0.4) is 0 Å². The quantitative estimate of drug-likeness (QED) is 0.507. The standard InChI is InChI=1S/C16H13ClN2O5/c1-10-3-2-4-13(19(22)23)15(10)18-14(20)9-24-16(21)11-5-7-12(17)8-6-11/h2-8H,9H2,1H3,(H,18,20). The number of anilines is 1. The molecule has 8 heteroatoms. The van der Waals surface area contributed by atoms with E-state index in [0.717, 1.165) is 0 Å². The summed E-state index contributed by atoms with van der Waals surface area (Å²) in [6.45, 7) is 1.06. The van der Waals surface area contributed by atoms with Crippen molar-refractivity contribution in [2.24, 2.45) is 0 Å². The highest BCUT2D eigenvalue weighted by atomic mass is 35.5. The summed E-state index contributed by atoms with van der Waals surface area (Å²) in [4.78, 5) is 34.1. The summed E-state index contributed by atoms with van der Waals surface area (Å²) >= 11 is 5.72. The maximum atomic E-state index is 11.9. The van der Waals surface area contributed by atoms with Crippen molar-refractivity contribution >= 4 is 34.9 Å². The molecule has 0 spiro atoms. The van der Waals surface area contributed by atoms with E-state index in [0.29, 0.717) is 10.6 Å². The average molecular weight is 349 g/mol. The van der Waals surface area contributed by atoms with Crippen LogP contribution in [0.5, 0.6) is 0 Å². The Balaban J connectivity index is 2.00. The summed E-state index contributed by atoms with van der Waals surface area (Å²) in [6, 6.07) is 10.4. The Labute approximate surface area is 142 Å². The number of nitrogens with zero attached hydrogens (tertiary/aromatic N) is 1. The summed E-state index contributed by atoms with van der Waals surface area (Å²) in [5, 5.41) is 13.9. The van der Waals surface area contributed by atoms with Crippen LogP contribution in [0.15, 0.2) is 42.5 Å². The van der Waals surface area contributed by atoms with Gasteiger partial charge in [0.2, 0.25) is 0 Å². The van der Waals surface area contributed by atoms with Crippen molar-refractivity contribution < 1.29 is 19.2 Å². The zero-order valence-electron chi connectivity index (χ0n) is 12.6. The molecule has 124 valence electrons. The van der Waals surface area contributed by atoms with Crippen LogP contribution in [0.1, 0.15) is 15.9 Å². The van der Waals surface area contributed by atoms with E-state index in [1.54, 1.807) is 13.0 Å². The molecule has 0 atom stereocenters. The number of nitrogens with one attached hydrogen (secondary N) is 1. The number of aryl methyl sites for hydroxylation is 1. The third-order valence-corrected chi connectivity index (χ3v) is 3.38. The molecule has 0 bridgehead atoms. The molecule has 7 nitrogen and oxygen atoms in total. The summed E-state index contributed by atoms with van der Waals surface area (Å²) in [6.07, 6.45) is 0. The Morgan fingerprint density at radius 1 is 1.21 bits per heavy atom. The van der Waals surface area contributed by atoms with Gasteiger partial charge in [0.05, 0.1) is 10.5 Å². The highest BCUT2D eigenvalue weighted by molar-refractivity contribution is 6.30. The molecule has 2 aromatic rings.